The Morgan fingerprint density at radius 2 is 1.46 bits per heavy atom. The predicted octanol–water partition coefficient (Wildman–Crippen LogP) is -1.83. The number of carboxylic acid groups (broad SMARTS) is 2. The molecule has 0 amide bonds. The van der Waals surface area contributed by atoms with Crippen LogP contribution in [0.1, 0.15) is 6.92 Å². The molecule has 0 radical (unpaired) electrons. The molecule has 0 spiro atoms. The van der Waals surface area contributed by atoms with Crippen LogP contribution in [0.4, 0.5) is 0 Å². The van der Waals surface area contributed by atoms with E-state index >= 15 is 0 Å². The number of aliphatic carboxylic acids is 2. The van der Waals surface area contributed by atoms with Crippen LogP contribution in [-0.2, 0) is 9.59 Å². The van der Waals surface area contributed by atoms with Crippen molar-refractivity contribution in [3.63, 3.8) is 0 Å². The Hall–Kier alpha value is 0.640. The van der Waals surface area contributed by atoms with Crippen LogP contribution >= 0.6 is 0 Å². The Morgan fingerprint density at radius 1 is 1.08 bits per heavy atom. The summed E-state index contributed by atoms with van der Waals surface area (Å²) in [5.74, 6) is -2.75. The molecule has 0 heterocycles. The topological polar surface area (TPSA) is 94.8 Å². The van der Waals surface area contributed by atoms with Crippen molar-refractivity contribution in [1.29, 1.82) is 0 Å². The molecule has 0 saturated heterocycles. The van der Waals surface area contributed by atoms with Crippen molar-refractivity contribution in [2.24, 2.45) is 0 Å². The molecule has 0 unspecified atom stereocenters. The van der Waals surface area contributed by atoms with Crippen LogP contribution in [0, 0.1) is 0 Å². The van der Waals surface area contributed by atoms with Gasteiger partial charge in [0, 0.05) is 5.57 Å². The first-order chi connectivity index (χ1) is 5.00. The maximum absolute atomic E-state index is 10.2. The van der Waals surface area contributed by atoms with Crippen LogP contribution in [0.2, 0.25) is 0 Å². The maximum atomic E-state index is 10.2. The monoisotopic (exact) mass is 208 g/mol. The zero-order valence-corrected chi connectivity index (χ0v) is 5.87. The van der Waals surface area contributed by atoms with Crippen molar-refractivity contribution < 1.29 is 24.9 Å². The number of carbonyl (C=O) groups is 2. The van der Waals surface area contributed by atoms with Gasteiger partial charge in [-0.15, -0.1) is 0 Å². The Labute approximate surface area is 119 Å². The Bertz CT molecular complexity index is 223. The average Bonchev–Trinajstić information content (AvgIpc) is 1.88. The second-order valence-corrected chi connectivity index (χ2v) is 1.87. The minimum absolute atomic E-state index is 0. The van der Waals surface area contributed by atoms with Gasteiger partial charge in [-0.3, -0.25) is 0 Å². The third-order valence-electron chi connectivity index (χ3n) is 1.19. The van der Waals surface area contributed by atoms with Crippen molar-refractivity contribution in [3.05, 3.63) is 11.1 Å². The van der Waals surface area contributed by atoms with Gasteiger partial charge in [-0.1, -0.05) is 0 Å². The van der Waals surface area contributed by atoms with E-state index in [-0.39, 0.29) is 64.7 Å². The van der Waals surface area contributed by atoms with Gasteiger partial charge in [0.15, 0.2) is 0 Å². The summed E-state index contributed by atoms with van der Waals surface area (Å²) >= 11 is 0. The van der Waals surface area contributed by atoms with Gasteiger partial charge in [-0.25, -0.2) is 9.59 Å². The second-order valence-electron chi connectivity index (χ2n) is 1.87. The van der Waals surface area contributed by atoms with Crippen molar-refractivity contribution >= 4 is 71.1 Å². The van der Waals surface area contributed by atoms with Gasteiger partial charge < -0.3 is 15.3 Å². The van der Waals surface area contributed by atoms with E-state index < -0.39 is 24.1 Å². The molecule has 0 rings (SSSR count). The Balaban J connectivity index is -0.000000500. The summed E-state index contributed by atoms with van der Waals surface area (Å²) in [6, 6.07) is 0. The van der Waals surface area contributed by atoms with Crippen molar-refractivity contribution in [2.75, 3.05) is 6.61 Å². The average molecular weight is 208 g/mol. The van der Waals surface area contributed by atoms with Crippen LogP contribution in [0.15, 0.2) is 11.1 Å². The van der Waals surface area contributed by atoms with Gasteiger partial charge in [0.25, 0.3) is 0 Å². The molecule has 0 aliphatic heterocycles. The molecule has 7 heteroatoms. The molecule has 3 N–H and O–H groups in total. The van der Waals surface area contributed by atoms with Gasteiger partial charge in [0.1, 0.15) is 0 Å². The van der Waals surface area contributed by atoms with Crippen LogP contribution in [0.25, 0.3) is 0 Å². The molecular weight excluding hydrogens is 198 g/mol. The van der Waals surface area contributed by atoms with Gasteiger partial charge in [0.2, 0.25) is 0 Å². The van der Waals surface area contributed by atoms with E-state index in [9.17, 15) is 9.59 Å². The number of rotatable bonds is 3. The summed E-state index contributed by atoms with van der Waals surface area (Å²) in [7, 11) is 0. The summed E-state index contributed by atoms with van der Waals surface area (Å²) in [6.45, 7) is 0.357. The summed E-state index contributed by atoms with van der Waals surface area (Å²) in [4.78, 5) is 20.4. The van der Waals surface area contributed by atoms with Crippen LogP contribution in [0.3, 0.4) is 0 Å². The number of aliphatic hydroxyl groups is 1. The number of hydrogen-bond acceptors (Lipinski definition) is 3. The van der Waals surface area contributed by atoms with E-state index in [1.165, 1.54) is 0 Å². The molecule has 13 heavy (non-hydrogen) atoms. The summed E-state index contributed by atoms with van der Waals surface area (Å²) in [6.07, 6.45) is 0. The third-order valence-corrected chi connectivity index (χ3v) is 1.19. The molecular formula is C6H10Na2O5. The fraction of sp³-hybridized carbons (Fsp3) is 0.333. The summed E-state index contributed by atoms with van der Waals surface area (Å²) in [5.41, 5.74) is -0.836. The molecule has 0 aromatic rings. The molecule has 66 valence electrons. The molecule has 0 bridgehead atoms. The van der Waals surface area contributed by atoms with Gasteiger partial charge in [-0.05, 0) is 6.92 Å². The number of hydrogen-bond donors (Lipinski definition) is 3. The van der Waals surface area contributed by atoms with E-state index in [1.54, 1.807) is 0 Å². The fourth-order valence-electron chi connectivity index (χ4n) is 0.476. The van der Waals surface area contributed by atoms with E-state index in [1.807, 2.05) is 0 Å². The van der Waals surface area contributed by atoms with E-state index in [0.717, 1.165) is 6.92 Å². The number of carboxylic acids is 2. The predicted molar refractivity (Wildman–Crippen MR) is 49.4 cm³/mol. The summed E-state index contributed by atoms with van der Waals surface area (Å²) < 4.78 is 0. The first kappa shape index (κ1) is 19.2. The zero-order valence-electron chi connectivity index (χ0n) is 5.87. The SMILES string of the molecule is C/C(C(=O)O)=C(\CO)C(=O)O.[NaH].[NaH]. The quantitative estimate of drug-likeness (QED) is 0.374. The first-order valence-corrected chi connectivity index (χ1v) is 2.78. The second kappa shape index (κ2) is 9.21. The van der Waals surface area contributed by atoms with Crippen molar-refractivity contribution in [2.45, 2.75) is 6.92 Å². The standard InChI is InChI=1S/C6H8O5.2Na.2H/c1-3(5(8)9)4(2-7)6(10)11;;;;/h7H,2H2,1H3,(H,8,9)(H,10,11);;;;/b4-3-;;;;. The molecule has 0 atom stereocenters. The Morgan fingerprint density at radius 3 is 1.54 bits per heavy atom. The van der Waals surface area contributed by atoms with Gasteiger partial charge in [0.05, 0.1) is 12.2 Å². The van der Waals surface area contributed by atoms with Crippen LogP contribution in [0.5, 0.6) is 0 Å². The third kappa shape index (κ3) is 6.68. The van der Waals surface area contributed by atoms with Crippen molar-refractivity contribution in [3.8, 4) is 0 Å². The van der Waals surface area contributed by atoms with Gasteiger partial charge >= 0.3 is 71.1 Å². The van der Waals surface area contributed by atoms with E-state index in [0.29, 0.717) is 0 Å². The van der Waals surface area contributed by atoms with E-state index in [4.69, 9.17) is 15.3 Å². The van der Waals surface area contributed by atoms with Gasteiger partial charge in [-0.2, -0.15) is 0 Å². The summed E-state index contributed by atoms with van der Waals surface area (Å²) in [5, 5.41) is 25.0. The number of aliphatic hydroxyl groups excluding tert-OH is 1. The molecule has 0 fully saturated rings. The normalized spacial score (nSPS) is 10.3. The van der Waals surface area contributed by atoms with E-state index in [2.05, 4.69) is 0 Å². The zero-order chi connectivity index (χ0) is 9.02. The molecule has 0 aromatic heterocycles. The van der Waals surface area contributed by atoms with Crippen LogP contribution in [-0.4, -0.2) is 93.0 Å². The Kier molecular flexibility index (Phi) is 13.6. The molecule has 0 aromatic carbocycles. The van der Waals surface area contributed by atoms with Crippen molar-refractivity contribution in [1.82, 2.24) is 0 Å². The minimum atomic E-state index is -1.41. The van der Waals surface area contributed by atoms with Crippen LogP contribution < -0.4 is 0 Å². The molecule has 0 aliphatic carbocycles. The fourth-order valence-corrected chi connectivity index (χ4v) is 0.476. The molecule has 0 aliphatic rings. The first-order valence-electron chi connectivity index (χ1n) is 2.78. The molecule has 0 saturated carbocycles. The molecule has 5 nitrogen and oxygen atoms in total.